The third kappa shape index (κ3) is 4.12. The minimum atomic E-state index is 0. The molecule has 0 saturated heterocycles. The smallest absolute Gasteiger partial charge is 0.00741 e. The van der Waals surface area contributed by atoms with Crippen LogP contribution >= 0.6 is 12.4 Å². The zero-order valence-electron chi connectivity index (χ0n) is 8.99. The normalized spacial score (nSPS) is 10.0. The predicted molar refractivity (Wildman–Crippen MR) is 65.2 cm³/mol. The molecule has 1 nitrogen and oxygen atoms in total. The molecule has 0 unspecified atom stereocenters. The second-order valence-corrected chi connectivity index (χ2v) is 3.79. The summed E-state index contributed by atoms with van der Waals surface area (Å²) in [6.45, 7) is 5.23. The summed E-state index contributed by atoms with van der Waals surface area (Å²) >= 11 is 0. The first-order valence-corrected chi connectivity index (χ1v) is 5.03. The lowest BCUT2D eigenvalue weighted by Crippen LogP contribution is -2.00. The topological polar surface area (TPSA) is 26.0 Å². The molecule has 1 aromatic rings. The maximum Gasteiger partial charge on any atom is -0.00741 e. The monoisotopic (exact) mass is 213 g/mol. The van der Waals surface area contributed by atoms with Crippen molar-refractivity contribution < 1.29 is 0 Å². The van der Waals surface area contributed by atoms with Gasteiger partial charge in [0.1, 0.15) is 0 Å². The molecule has 0 saturated carbocycles. The molecule has 1 aromatic carbocycles. The van der Waals surface area contributed by atoms with Crippen LogP contribution in [-0.2, 0) is 6.42 Å². The molecule has 1 rings (SSSR count). The number of hydrogen-bond acceptors (Lipinski definition) is 1. The highest BCUT2D eigenvalue weighted by molar-refractivity contribution is 5.85. The highest BCUT2D eigenvalue weighted by Gasteiger charge is 1.99. The van der Waals surface area contributed by atoms with Crippen molar-refractivity contribution in [2.75, 3.05) is 6.54 Å². The predicted octanol–water partition coefficient (Wildman–Crippen LogP) is 3.12. The van der Waals surface area contributed by atoms with Gasteiger partial charge < -0.3 is 5.73 Å². The van der Waals surface area contributed by atoms with Crippen molar-refractivity contribution in [2.24, 2.45) is 5.73 Å². The van der Waals surface area contributed by atoms with Gasteiger partial charge in [0.05, 0.1) is 0 Å². The Hall–Kier alpha value is -0.530. The Bertz CT molecular complexity index is 258. The van der Waals surface area contributed by atoms with E-state index in [-0.39, 0.29) is 12.4 Å². The van der Waals surface area contributed by atoms with Gasteiger partial charge in [0, 0.05) is 0 Å². The molecule has 0 atom stereocenters. The second kappa shape index (κ2) is 6.86. The van der Waals surface area contributed by atoms with Gasteiger partial charge in [0.2, 0.25) is 0 Å². The summed E-state index contributed by atoms with van der Waals surface area (Å²) < 4.78 is 0. The lowest BCUT2D eigenvalue weighted by Gasteiger charge is -2.07. The van der Waals surface area contributed by atoms with Crippen LogP contribution in [0.15, 0.2) is 24.3 Å². The van der Waals surface area contributed by atoms with E-state index in [4.69, 9.17) is 5.73 Å². The van der Waals surface area contributed by atoms with Crippen LogP contribution in [0.25, 0.3) is 0 Å². The number of nitrogens with two attached hydrogens (primary N) is 1. The summed E-state index contributed by atoms with van der Waals surface area (Å²) in [5, 5.41) is 0. The van der Waals surface area contributed by atoms with Gasteiger partial charge in [-0.05, 0) is 36.4 Å². The van der Waals surface area contributed by atoms with E-state index in [1.54, 1.807) is 0 Å². The van der Waals surface area contributed by atoms with Crippen LogP contribution in [-0.4, -0.2) is 6.54 Å². The Balaban J connectivity index is 0.00000169. The summed E-state index contributed by atoms with van der Waals surface area (Å²) in [4.78, 5) is 0. The van der Waals surface area contributed by atoms with Crippen LogP contribution in [0.3, 0.4) is 0 Å². The van der Waals surface area contributed by atoms with Crippen molar-refractivity contribution in [2.45, 2.75) is 32.6 Å². The maximum atomic E-state index is 5.47. The maximum absolute atomic E-state index is 5.47. The molecule has 2 N–H and O–H groups in total. The van der Waals surface area contributed by atoms with E-state index in [0.717, 1.165) is 19.4 Å². The summed E-state index contributed by atoms with van der Waals surface area (Å²) in [5.74, 6) is 0.623. The Morgan fingerprint density at radius 1 is 1.29 bits per heavy atom. The second-order valence-electron chi connectivity index (χ2n) is 3.79. The van der Waals surface area contributed by atoms with Crippen LogP contribution < -0.4 is 5.73 Å². The van der Waals surface area contributed by atoms with Crippen LogP contribution in [0.1, 0.15) is 37.3 Å². The van der Waals surface area contributed by atoms with E-state index in [2.05, 4.69) is 38.1 Å². The zero-order valence-corrected chi connectivity index (χ0v) is 9.81. The molecule has 0 aliphatic rings. The van der Waals surface area contributed by atoms with Crippen molar-refractivity contribution in [3.8, 4) is 0 Å². The first-order valence-electron chi connectivity index (χ1n) is 5.03. The van der Waals surface area contributed by atoms with E-state index in [1.165, 1.54) is 11.1 Å². The highest BCUT2D eigenvalue weighted by atomic mass is 35.5. The SMILES string of the molecule is CC(C)c1cccc(CCCN)c1.Cl. The molecule has 0 aliphatic carbocycles. The minimum absolute atomic E-state index is 0. The lowest BCUT2D eigenvalue weighted by atomic mass is 9.99. The van der Waals surface area contributed by atoms with Crippen LogP contribution in [0.2, 0.25) is 0 Å². The first kappa shape index (κ1) is 13.5. The van der Waals surface area contributed by atoms with Crippen molar-refractivity contribution in [3.63, 3.8) is 0 Å². The van der Waals surface area contributed by atoms with E-state index in [1.807, 2.05) is 0 Å². The zero-order chi connectivity index (χ0) is 9.68. The minimum Gasteiger partial charge on any atom is -0.330 e. The highest BCUT2D eigenvalue weighted by Crippen LogP contribution is 2.16. The fourth-order valence-electron chi connectivity index (χ4n) is 1.41. The summed E-state index contributed by atoms with van der Waals surface area (Å²) in [6, 6.07) is 8.81. The van der Waals surface area contributed by atoms with E-state index >= 15 is 0 Å². The number of aryl methyl sites for hydroxylation is 1. The lowest BCUT2D eigenvalue weighted by molar-refractivity contribution is 0.821. The Morgan fingerprint density at radius 2 is 2.00 bits per heavy atom. The van der Waals surface area contributed by atoms with Crippen molar-refractivity contribution in [1.82, 2.24) is 0 Å². The fraction of sp³-hybridized carbons (Fsp3) is 0.500. The Kier molecular flexibility index (Phi) is 6.60. The van der Waals surface area contributed by atoms with Crippen molar-refractivity contribution in [3.05, 3.63) is 35.4 Å². The Morgan fingerprint density at radius 3 is 2.57 bits per heavy atom. The molecule has 0 aromatic heterocycles. The third-order valence-corrected chi connectivity index (χ3v) is 2.29. The standard InChI is InChI=1S/C12H19N.ClH/c1-10(2)12-7-3-5-11(9-12)6-4-8-13;/h3,5,7,9-10H,4,6,8,13H2,1-2H3;1H. The van der Waals surface area contributed by atoms with Crippen molar-refractivity contribution in [1.29, 1.82) is 0 Å². The molecule has 80 valence electrons. The fourth-order valence-corrected chi connectivity index (χ4v) is 1.41. The van der Waals surface area contributed by atoms with Crippen LogP contribution in [0.5, 0.6) is 0 Å². The van der Waals surface area contributed by atoms with Gasteiger partial charge in [-0.2, -0.15) is 0 Å². The van der Waals surface area contributed by atoms with Gasteiger partial charge in [-0.3, -0.25) is 0 Å². The molecular weight excluding hydrogens is 194 g/mol. The summed E-state index contributed by atoms with van der Waals surface area (Å²) in [6.07, 6.45) is 2.19. The van der Waals surface area contributed by atoms with Crippen molar-refractivity contribution >= 4 is 12.4 Å². The molecule has 0 aliphatic heterocycles. The molecule has 0 bridgehead atoms. The molecular formula is C12H20ClN. The Labute approximate surface area is 93.1 Å². The molecule has 0 amide bonds. The number of benzene rings is 1. The average Bonchev–Trinajstić information content (AvgIpc) is 2.15. The van der Waals surface area contributed by atoms with Gasteiger partial charge >= 0.3 is 0 Å². The number of hydrogen-bond donors (Lipinski definition) is 1. The molecule has 14 heavy (non-hydrogen) atoms. The van der Waals surface area contributed by atoms with Gasteiger partial charge in [-0.1, -0.05) is 38.1 Å². The van der Waals surface area contributed by atoms with Gasteiger partial charge in [0.25, 0.3) is 0 Å². The van der Waals surface area contributed by atoms with E-state index in [9.17, 15) is 0 Å². The summed E-state index contributed by atoms with van der Waals surface area (Å²) in [5.41, 5.74) is 8.31. The van der Waals surface area contributed by atoms with Gasteiger partial charge in [0.15, 0.2) is 0 Å². The molecule has 2 heteroatoms. The van der Waals surface area contributed by atoms with Crippen LogP contribution in [0, 0.1) is 0 Å². The van der Waals surface area contributed by atoms with E-state index < -0.39 is 0 Å². The van der Waals surface area contributed by atoms with Crippen LogP contribution in [0.4, 0.5) is 0 Å². The molecule has 0 heterocycles. The first-order chi connectivity index (χ1) is 6.24. The summed E-state index contributed by atoms with van der Waals surface area (Å²) in [7, 11) is 0. The number of halogens is 1. The average molecular weight is 214 g/mol. The van der Waals surface area contributed by atoms with Gasteiger partial charge in [-0.15, -0.1) is 12.4 Å². The molecule has 0 radical (unpaired) electrons. The molecule has 0 spiro atoms. The quantitative estimate of drug-likeness (QED) is 0.817. The number of rotatable bonds is 4. The van der Waals surface area contributed by atoms with E-state index in [0.29, 0.717) is 5.92 Å². The van der Waals surface area contributed by atoms with Gasteiger partial charge in [-0.25, -0.2) is 0 Å². The molecule has 0 fully saturated rings. The largest absolute Gasteiger partial charge is 0.330 e. The third-order valence-electron chi connectivity index (χ3n) is 2.29.